The van der Waals surface area contributed by atoms with Gasteiger partial charge in [-0.15, -0.1) is 0 Å². The molecule has 160 valence electrons. The standard InChI is InChI=1S/C19H23ClO8S/c1-10-12-9-26-18(22)14(12)16(28-29(6,23)24)11(15(10)25-5)7-8-13(20)17(21)27-19(2,3)4/h8H,7,9H2,1-6H3. The highest BCUT2D eigenvalue weighted by Crippen LogP contribution is 2.43. The molecule has 0 aliphatic carbocycles. The third-order valence-electron chi connectivity index (χ3n) is 3.94. The maximum absolute atomic E-state index is 12.2. The zero-order chi connectivity index (χ0) is 22.1. The third kappa shape index (κ3) is 5.42. The zero-order valence-corrected chi connectivity index (χ0v) is 18.6. The van der Waals surface area contributed by atoms with E-state index in [0.29, 0.717) is 16.9 Å². The van der Waals surface area contributed by atoms with Gasteiger partial charge in [0.25, 0.3) is 0 Å². The highest BCUT2D eigenvalue weighted by atomic mass is 35.5. The number of fused-ring (bicyclic) bond motifs is 1. The molecule has 0 saturated heterocycles. The van der Waals surface area contributed by atoms with Crippen LogP contribution in [0.5, 0.6) is 11.5 Å². The molecule has 29 heavy (non-hydrogen) atoms. The van der Waals surface area contributed by atoms with Crippen molar-refractivity contribution in [2.75, 3.05) is 13.4 Å². The summed E-state index contributed by atoms with van der Waals surface area (Å²) in [6, 6.07) is 0. The number of esters is 2. The quantitative estimate of drug-likeness (QED) is 0.373. The van der Waals surface area contributed by atoms with E-state index in [0.717, 1.165) is 6.26 Å². The van der Waals surface area contributed by atoms with E-state index in [1.54, 1.807) is 27.7 Å². The van der Waals surface area contributed by atoms with Crippen LogP contribution in [-0.4, -0.2) is 39.3 Å². The van der Waals surface area contributed by atoms with Gasteiger partial charge in [-0.25, -0.2) is 9.59 Å². The van der Waals surface area contributed by atoms with Gasteiger partial charge in [-0.05, 0) is 39.7 Å². The fourth-order valence-corrected chi connectivity index (χ4v) is 3.46. The highest BCUT2D eigenvalue weighted by molar-refractivity contribution is 7.86. The third-order valence-corrected chi connectivity index (χ3v) is 4.72. The first-order chi connectivity index (χ1) is 13.2. The zero-order valence-electron chi connectivity index (χ0n) is 17.0. The molecule has 0 spiro atoms. The molecule has 1 aromatic rings. The first-order valence-electron chi connectivity index (χ1n) is 8.63. The number of rotatable bonds is 6. The van der Waals surface area contributed by atoms with Gasteiger partial charge in [0.05, 0.1) is 13.4 Å². The number of cyclic esters (lactones) is 1. The molecular formula is C19H23ClO8S. The molecule has 8 nitrogen and oxygen atoms in total. The first-order valence-corrected chi connectivity index (χ1v) is 10.8. The molecule has 1 aliphatic heterocycles. The molecule has 0 aromatic heterocycles. The molecule has 0 saturated carbocycles. The molecular weight excluding hydrogens is 424 g/mol. The van der Waals surface area contributed by atoms with Crippen LogP contribution in [-0.2, 0) is 37.4 Å². The molecule has 1 heterocycles. The molecule has 0 amide bonds. The summed E-state index contributed by atoms with van der Waals surface area (Å²) < 4.78 is 44.4. The first kappa shape index (κ1) is 23.0. The van der Waals surface area contributed by atoms with Crippen molar-refractivity contribution in [2.45, 2.75) is 46.3 Å². The smallest absolute Gasteiger partial charge is 0.349 e. The van der Waals surface area contributed by atoms with E-state index in [1.165, 1.54) is 13.2 Å². The molecule has 0 fully saturated rings. The van der Waals surface area contributed by atoms with Crippen LogP contribution in [0.3, 0.4) is 0 Å². The van der Waals surface area contributed by atoms with E-state index < -0.39 is 27.7 Å². The van der Waals surface area contributed by atoms with Crippen molar-refractivity contribution in [2.24, 2.45) is 0 Å². The van der Waals surface area contributed by atoms with Crippen molar-refractivity contribution >= 4 is 33.7 Å². The second-order valence-corrected chi connectivity index (χ2v) is 9.42. The Kier molecular flexibility index (Phi) is 6.54. The molecule has 0 radical (unpaired) electrons. The van der Waals surface area contributed by atoms with E-state index in [1.807, 2.05) is 0 Å². The highest BCUT2D eigenvalue weighted by Gasteiger charge is 2.34. The number of hydrogen-bond acceptors (Lipinski definition) is 8. The lowest BCUT2D eigenvalue weighted by molar-refractivity contribution is -0.149. The Morgan fingerprint density at radius 1 is 1.28 bits per heavy atom. The minimum atomic E-state index is -3.97. The summed E-state index contributed by atoms with van der Waals surface area (Å²) >= 11 is 6.05. The number of benzene rings is 1. The number of ether oxygens (including phenoxy) is 3. The molecule has 0 bridgehead atoms. The fraction of sp³-hybridized carbons (Fsp3) is 0.474. The van der Waals surface area contributed by atoms with Crippen LogP contribution in [0.4, 0.5) is 0 Å². The lowest BCUT2D eigenvalue weighted by atomic mass is 9.95. The van der Waals surface area contributed by atoms with Crippen LogP contribution in [0, 0.1) is 6.92 Å². The van der Waals surface area contributed by atoms with Crippen molar-refractivity contribution < 1.29 is 36.4 Å². The molecule has 0 unspecified atom stereocenters. The Morgan fingerprint density at radius 2 is 1.90 bits per heavy atom. The summed E-state index contributed by atoms with van der Waals surface area (Å²) in [6.45, 7) is 6.79. The molecule has 0 N–H and O–H groups in total. The normalized spacial score (nSPS) is 14.3. The number of hydrogen-bond donors (Lipinski definition) is 0. The number of allylic oxidation sites excluding steroid dienone is 1. The fourth-order valence-electron chi connectivity index (χ4n) is 2.85. The molecule has 1 aliphatic rings. The van der Waals surface area contributed by atoms with Crippen molar-refractivity contribution in [1.29, 1.82) is 0 Å². The van der Waals surface area contributed by atoms with Crippen LogP contribution in [0.1, 0.15) is 47.8 Å². The molecule has 2 rings (SSSR count). The van der Waals surface area contributed by atoms with Crippen LogP contribution >= 0.6 is 11.6 Å². The molecule has 1 aromatic carbocycles. The minimum absolute atomic E-state index is 0.0190. The summed E-state index contributed by atoms with van der Waals surface area (Å²) in [5, 5.41) is -0.201. The van der Waals surface area contributed by atoms with E-state index in [2.05, 4.69) is 0 Å². The van der Waals surface area contributed by atoms with Crippen molar-refractivity contribution in [1.82, 2.24) is 0 Å². The van der Waals surface area contributed by atoms with Gasteiger partial charge in [0.1, 0.15) is 28.6 Å². The average molecular weight is 447 g/mol. The van der Waals surface area contributed by atoms with Crippen molar-refractivity contribution in [3.8, 4) is 11.5 Å². The monoisotopic (exact) mass is 446 g/mol. The lowest BCUT2D eigenvalue weighted by Gasteiger charge is -2.20. The molecule has 10 heteroatoms. The minimum Gasteiger partial charge on any atom is -0.496 e. The summed E-state index contributed by atoms with van der Waals surface area (Å²) in [5.74, 6) is -1.32. The van der Waals surface area contributed by atoms with Gasteiger partial charge in [-0.2, -0.15) is 8.42 Å². The van der Waals surface area contributed by atoms with Gasteiger partial charge in [-0.3, -0.25) is 0 Å². The lowest BCUT2D eigenvalue weighted by Crippen LogP contribution is -2.23. The number of halogens is 1. The van der Waals surface area contributed by atoms with Gasteiger partial charge in [-0.1, -0.05) is 17.7 Å². The van der Waals surface area contributed by atoms with Crippen LogP contribution in [0.25, 0.3) is 0 Å². The Morgan fingerprint density at radius 3 is 2.41 bits per heavy atom. The predicted molar refractivity (Wildman–Crippen MR) is 106 cm³/mol. The summed E-state index contributed by atoms with van der Waals surface area (Å²) in [7, 11) is -2.57. The summed E-state index contributed by atoms with van der Waals surface area (Å²) in [4.78, 5) is 24.3. The number of carbonyl (C=O) groups excluding carboxylic acids is 2. The van der Waals surface area contributed by atoms with E-state index in [9.17, 15) is 18.0 Å². The van der Waals surface area contributed by atoms with Gasteiger partial charge in [0.15, 0.2) is 5.75 Å². The Bertz CT molecular complexity index is 987. The number of carbonyl (C=O) groups is 2. The Balaban J connectivity index is 2.59. The van der Waals surface area contributed by atoms with E-state index in [-0.39, 0.29) is 34.9 Å². The maximum Gasteiger partial charge on any atom is 0.349 e. The van der Waals surface area contributed by atoms with Crippen molar-refractivity contribution in [3.05, 3.63) is 33.4 Å². The van der Waals surface area contributed by atoms with Gasteiger partial charge in [0.2, 0.25) is 0 Å². The van der Waals surface area contributed by atoms with E-state index >= 15 is 0 Å². The summed E-state index contributed by atoms with van der Waals surface area (Å²) in [6.07, 6.45) is 2.15. The van der Waals surface area contributed by atoms with Gasteiger partial charge < -0.3 is 18.4 Å². The van der Waals surface area contributed by atoms with Crippen LogP contribution in [0.15, 0.2) is 11.1 Å². The van der Waals surface area contributed by atoms with Gasteiger partial charge >= 0.3 is 22.1 Å². The Labute approximate surface area is 174 Å². The predicted octanol–water partition coefficient (Wildman–Crippen LogP) is 3.02. The Hall–Kier alpha value is -2.26. The second-order valence-electron chi connectivity index (χ2n) is 7.44. The second kappa shape index (κ2) is 8.23. The van der Waals surface area contributed by atoms with Crippen LogP contribution in [0.2, 0.25) is 0 Å². The summed E-state index contributed by atoms with van der Waals surface area (Å²) in [5.41, 5.74) is 0.615. The maximum atomic E-state index is 12.2. The van der Waals surface area contributed by atoms with Gasteiger partial charge in [0, 0.05) is 11.1 Å². The largest absolute Gasteiger partial charge is 0.496 e. The average Bonchev–Trinajstić information content (AvgIpc) is 2.95. The SMILES string of the molecule is COc1c(C)c2c(c(OS(C)(=O)=O)c1CC=C(Cl)C(=O)OC(C)(C)C)C(=O)OC2. The molecule has 0 atom stereocenters. The van der Waals surface area contributed by atoms with Crippen molar-refractivity contribution in [3.63, 3.8) is 0 Å². The van der Waals surface area contributed by atoms with E-state index in [4.69, 9.17) is 30.0 Å². The topological polar surface area (TPSA) is 105 Å². The van der Waals surface area contributed by atoms with Crippen LogP contribution < -0.4 is 8.92 Å². The number of methoxy groups -OCH3 is 1.